The summed E-state index contributed by atoms with van der Waals surface area (Å²) in [7, 11) is 0. The van der Waals surface area contributed by atoms with Crippen LogP contribution < -0.4 is 11.1 Å². The largest absolute Gasteiger partial charge is 0.481 e. The molecule has 1 heterocycles. The number of carboxylic acid groups (broad SMARTS) is 1. The van der Waals surface area contributed by atoms with Gasteiger partial charge in [-0.3, -0.25) is 14.6 Å². The van der Waals surface area contributed by atoms with E-state index in [0.717, 1.165) is 0 Å². The Labute approximate surface area is 115 Å². The van der Waals surface area contributed by atoms with Crippen LogP contribution in [0, 0.1) is 6.92 Å². The first kappa shape index (κ1) is 13.8. The van der Waals surface area contributed by atoms with Gasteiger partial charge in [0, 0.05) is 23.3 Å². The normalized spacial score (nSPS) is 10.4. The molecule has 2 aromatic rings. The number of pyridine rings is 1. The van der Waals surface area contributed by atoms with Crippen molar-refractivity contribution in [1.82, 2.24) is 10.3 Å². The number of aromatic nitrogens is 1. The van der Waals surface area contributed by atoms with Gasteiger partial charge < -0.3 is 16.2 Å². The number of nitrogens with two attached hydrogens (primary N) is 1. The number of benzene rings is 1. The second kappa shape index (κ2) is 5.56. The number of carbonyl (C=O) groups excluding carboxylic acids is 1. The van der Waals surface area contributed by atoms with Crippen LogP contribution in [-0.4, -0.2) is 28.5 Å². The zero-order valence-corrected chi connectivity index (χ0v) is 11.0. The minimum absolute atomic E-state index is 0.0827. The molecular formula is C14H15N3O3. The third-order valence-corrected chi connectivity index (χ3v) is 2.83. The van der Waals surface area contributed by atoms with E-state index in [-0.39, 0.29) is 18.9 Å². The van der Waals surface area contributed by atoms with Crippen molar-refractivity contribution in [2.45, 2.75) is 13.3 Å². The van der Waals surface area contributed by atoms with Crippen LogP contribution in [-0.2, 0) is 4.79 Å². The summed E-state index contributed by atoms with van der Waals surface area (Å²) in [5, 5.41) is 11.8. The Bertz CT molecular complexity index is 683. The number of carboxylic acids is 1. The summed E-state index contributed by atoms with van der Waals surface area (Å²) >= 11 is 0. The van der Waals surface area contributed by atoms with Gasteiger partial charge in [0.05, 0.1) is 17.5 Å². The molecule has 6 nitrogen and oxygen atoms in total. The molecule has 0 bridgehead atoms. The average Bonchev–Trinajstić information content (AvgIpc) is 2.37. The molecule has 1 amide bonds. The van der Waals surface area contributed by atoms with E-state index in [9.17, 15) is 9.59 Å². The summed E-state index contributed by atoms with van der Waals surface area (Å²) in [6.45, 7) is 1.88. The van der Waals surface area contributed by atoms with Crippen LogP contribution in [0.5, 0.6) is 0 Å². The second-order valence-corrected chi connectivity index (χ2v) is 4.49. The lowest BCUT2D eigenvalue weighted by atomic mass is 10.1. The lowest BCUT2D eigenvalue weighted by molar-refractivity contribution is -0.136. The number of nitrogens with one attached hydrogen (secondary N) is 1. The fraction of sp³-hybridized carbons (Fsp3) is 0.214. The highest BCUT2D eigenvalue weighted by atomic mass is 16.4. The predicted molar refractivity (Wildman–Crippen MR) is 75.5 cm³/mol. The summed E-state index contributed by atoms with van der Waals surface area (Å²) in [4.78, 5) is 26.9. The Hall–Kier alpha value is -2.63. The molecule has 0 atom stereocenters. The number of rotatable bonds is 4. The van der Waals surface area contributed by atoms with Crippen LogP contribution in [0.1, 0.15) is 22.5 Å². The minimum atomic E-state index is -0.953. The fourth-order valence-corrected chi connectivity index (χ4v) is 1.94. The van der Waals surface area contributed by atoms with E-state index < -0.39 is 5.97 Å². The zero-order chi connectivity index (χ0) is 14.7. The van der Waals surface area contributed by atoms with Crippen molar-refractivity contribution < 1.29 is 14.7 Å². The quantitative estimate of drug-likeness (QED) is 0.729. The summed E-state index contributed by atoms with van der Waals surface area (Å²) in [6, 6.07) is 6.83. The maximum atomic E-state index is 12.1. The Balaban J connectivity index is 2.34. The number of nitrogen functional groups attached to an aromatic ring is 1. The predicted octanol–water partition coefficient (Wildman–Crippen LogP) is 1.33. The van der Waals surface area contributed by atoms with Gasteiger partial charge in [0.15, 0.2) is 0 Å². The molecule has 20 heavy (non-hydrogen) atoms. The Morgan fingerprint density at radius 3 is 2.80 bits per heavy atom. The second-order valence-electron chi connectivity index (χ2n) is 4.49. The Morgan fingerprint density at radius 1 is 1.35 bits per heavy atom. The Morgan fingerprint density at radius 2 is 2.10 bits per heavy atom. The van der Waals surface area contributed by atoms with E-state index >= 15 is 0 Å². The number of amides is 1. The van der Waals surface area contributed by atoms with Gasteiger partial charge in [0.1, 0.15) is 0 Å². The molecule has 6 heteroatoms. The van der Waals surface area contributed by atoms with Gasteiger partial charge in [0.2, 0.25) is 0 Å². The van der Waals surface area contributed by atoms with Gasteiger partial charge in [-0.15, -0.1) is 0 Å². The van der Waals surface area contributed by atoms with Gasteiger partial charge in [0.25, 0.3) is 5.91 Å². The molecule has 1 aromatic heterocycles. The molecule has 0 saturated heterocycles. The molecule has 0 spiro atoms. The number of fused-ring (bicyclic) bond motifs is 1. The first-order valence-electron chi connectivity index (χ1n) is 6.14. The van der Waals surface area contributed by atoms with E-state index in [1.165, 1.54) is 0 Å². The van der Waals surface area contributed by atoms with Crippen LogP contribution in [0.3, 0.4) is 0 Å². The molecule has 0 unspecified atom stereocenters. The molecule has 0 aliphatic carbocycles. The SMILES string of the molecule is Cc1cc(C(=O)NCCC(=O)O)c2cc(N)ccc2n1. The highest BCUT2D eigenvalue weighted by Crippen LogP contribution is 2.21. The number of aliphatic carboxylic acids is 1. The third kappa shape index (κ3) is 3.03. The number of hydrogen-bond donors (Lipinski definition) is 3. The van der Waals surface area contributed by atoms with Crippen LogP contribution in [0.2, 0.25) is 0 Å². The van der Waals surface area contributed by atoms with Crippen molar-refractivity contribution in [3.63, 3.8) is 0 Å². The number of anilines is 1. The molecule has 1 aromatic carbocycles. The van der Waals surface area contributed by atoms with Crippen molar-refractivity contribution in [2.24, 2.45) is 0 Å². The zero-order valence-electron chi connectivity index (χ0n) is 11.0. The van der Waals surface area contributed by atoms with Gasteiger partial charge in [-0.2, -0.15) is 0 Å². The topological polar surface area (TPSA) is 105 Å². The summed E-state index contributed by atoms with van der Waals surface area (Å²) in [5.41, 5.74) is 8.12. The molecule has 0 saturated carbocycles. The van der Waals surface area contributed by atoms with Gasteiger partial charge in [-0.1, -0.05) is 0 Å². The average molecular weight is 273 g/mol. The molecular weight excluding hydrogens is 258 g/mol. The first-order valence-corrected chi connectivity index (χ1v) is 6.14. The monoisotopic (exact) mass is 273 g/mol. The fourth-order valence-electron chi connectivity index (χ4n) is 1.94. The lowest BCUT2D eigenvalue weighted by Gasteiger charge is -2.09. The molecule has 4 N–H and O–H groups in total. The first-order chi connectivity index (χ1) is 9.47. The summed E-state index contributed by atoms with van der Waals surface area (Å²) < 4.78 is 0. The number of nitrogens with zero attached hydrogens (tertiary/aromatic N) is 1. The maximum Gasteiger partial charge on any atom is 0.305 e. The summed E-state index contributed by atoms with van der Waals surface area (Å²) in [5.74, 6) is -1.28. The van der Waals surface area contributed by atoms with Crippen molar-refractivity contribution in [1.29, 1.82) is 0 Å². The van der Waals surface area contributed by atoms with E-state index in [0.29, 0.717) is 27.8 Å². The van der Waals surface area contributed by atoms with Crippen molar-refractivity contribution in [2.75, 3.05) is 12.3 Å². The van der Waals surface area contributed by atoms with Crippen molar-refractivity contribution in [3.8, 4) is 0 Å². The highest BCUT2D eigenvalue weighted by Gasteiger charge is 2.12. The number of aryl methyl sites for hydroxylation is 1. The molecule has 2 rings (SSSR count). The van der Waals surface area contributed by atoms with E-state index in [1.54, 1.807) is 31.2 Å². The summed E-state index contributed by atoms with van der Waals surface area (Å²) in [6.07, 6.45) is -0.115. The molecule has 0 radical (unpaired) electrons. The smallest absolute Gasteiger partial charge is 0.305 e. The van der Waals surface area contributed by atoms with Crippen LogP contribution in [0.4, 0.5) is 5.69 Å². The standard InChI is InChI=1S/C14H15N3O3/c1-8-6-11(14(20)16-5-4-13(18)19)10-7-9(15)2-3-12(10)17-8/h2-3,6-7H,4-5,15H2,1H3,(H,16,20)(H,18,19). The highest BCUT2D eigenvalue weighted by molar-refractivity contribution is 6.06. The molecule has 0 fully saturated rings. The Kier molecular flexibility index (Phi) is 3.84. The number of carbonyl (C=O) groups is 2. The van der Waals surface area contributed by atoms with Crippen LogP contribution in [0.15, 0.2) is 24.3 Å². The third-order valence-electron chi connectivity index (χ3n) is 2.83. The van der Waals surface area contributed by atoms with Crippen LogP contribution >= 0.6 is 0 Å². The minimum Gasteiger partial charge on any atom is -0.481 e. The maximum absolute atomic E-state index is 12.1. The molecule has 0 aliphatic rings. The van der Waals surface area contributed by atoms with Crippen LogP contribution in [0.25, 0.3) is 10.9 Å². The van der Waals surface area contributed by atoms with Gasteiger partial charge in [-0.05, 0) is 31.2 Å². The molecule has 104 valence electrons. The molecule has 0 aliphatic heterocycles. The van der Waals surface area contributed by atoms with Crippen molar-refractivity contribution >= 4 is 28.5 Å². The van der Waals surface area contributed by atoms with E-state index in [1.807, 2.05) is 0 Å². The van der Waals surface area contributed by atoms with Crippen molar-refractivity contribution in [3.05, 3.63) is 35.5 Å². The van der Waals surface area contributed by atoms with Gasteiger partial charge in [-0.25, -0.2) is 0 Å². The van der Waals surface area contributed by atoms with E-state index in [4.69, 9.17) is 10.8 Å². The van der Waals surface area contributed by atoms with Gasteiger partial charge >= 0.3 is 5.97 Å². The number of hydrogen-bond acceptors (Lipinski definition) is 4. The lowest BCUT2D eigenvalue weighted by Crippen LogP contribution is -2.26. The van der Waals surface area contributed by atoms with E-state index in [2.05, 4.69) is 10.3 Å².